The predicted octanol–water partition coefficient (Wildman–Crippen LogP) is 3.92. The summed E-state index contributed by atoms with van der Waals surface area (Å²) in [4.78, 5) is 20.2. The standard InChI is InChI=1S/C18H15P.C6H7F4NO3/c1-4-10-16(11-5-1)19(17-12-6-2-7-13-17)18-14-8-3-9-15-18;1-2-11-3(12)5(7,8)6(9,10)4(13)14/h1-15H;2H2,1H3,(H,11,12)(H,13,14). The Labute approximate surface area is 190 Å². The highest BCUT2D eigenvalue weighted by molar-refractivity contribution is 7.79. The molecule has 9 heteroatoms. The molecule has 0 aliphatic heterocycles. The van der Waals surface area contributed by atoms with Crippen LogP contribution in [0.15, 0.2) is 91.0 Å². The van der Waals surface area contributed by atoms with Crippen LogP contribution in [0.2, 0.25) is 0 Å². The van der Waals surface area contributed by atoms with Crippen molar-refractivity contribution in [1.82, 2.24) is 5.32 Å². The topological polar surface area (TPSA) is 66.4 Å². The molecule has 0 bridgehead atoms. The first kappa shape index (κ1) is 26.0. The van der Waals surface area contributed by atoms with Gasteiger partial charge in [-0.15, -0.1) is 0 Å². The third-order valence-electron chi connectivity index (χ3n) is 4.33. The molecule has 0 fully saturated rings. The molecule has 0 atom stereocenters. The number of carboxylic acid groups (broad SMARTS) is 1. The summed E-state index contributed by atoms with van der Waals surface area (Å²) in [6.07, 6.45) is 0. The Morgan fingerprint density at radius 3 is 1.33 bits per heavy atom. The molecule has 3 rings (SSSR count). The second kappa shape index (κ2) is 11.6. The summed E-state index contributed by atoms with van der Waals surface area (Å²) in [7, 11) is -0.446. The van der Waals surface area contributed by atoms with Gasteiger partial charge < -0.3 is 10.4 Å². The minimum Gasteiger partial charge on any atom is -0.477 e. The van der Waals surface area contributed by atoms with Crippen LogP contribution in [0.1, 0.15) is 6.92 Å². The number of halogens is 4. The molecule has 0 saturated heterocycles. The molecule has 0 saturated carbocycles. The van der Waals surface area contributed by atoms with Gasteiger partial charge in [0.25, 0.3) is 5.91 Å². The smallest absolute Gasteiger partial charge is 0.413 e. The number of alkyl halides is 4. The Morgan fingerprint density at radius 1 is 0.727 bits per heavy atom. The molecule has 2 N–H and O–H groups in total. The molecule has 0 aromatic heterocycles. The molecule has 0 aliphatic carbocycles. The molecule has 0 heterocycles. The summed E-state index contributed by atoms with van der Waals surface area (Å²) in [5.74, 6) is -16.0. The number of aliphatic carboxylic acids is 1. The Hall–Kier alpha value is -3.25. The van der Waals surface area contributed by atoms with Crippen LogP contribution in [0.25, 0.3) is 0 Å². The molecule has 0 spiro atoms. The van der Waals surface area contributed by atoms with Crippen molar-refractivity contribution in [1.29, 1.82) is 0 Å². The lowest BCUT2D eigenvalue weighted by molar-refractivity contribution is -0.222. The molecule has 3 aromatic rings. The van der Waals surface area contributed by atoms with Crippen molar-refractivity contribution in [2.75, 3.05) is 6.54 Å². The van der Waals surface area contributed by atoms with Crippen LogP contribution >= 0.6 is 7.92 Å². The van der Waals surface area contributed by atoms with Crippen LogP contribution in [0.3, 0.4) is 0 Å². The summed E-state index contributed by atoms with van der Waals surface area (Å²) in [5, 5.41) is 13.4. The SMILES string of the molecule is CCNC(=O)C(F)(F)C(F)(F)C(=O)O.c1ccc(P(c2ccccc2)c2ccccc2)cc1. The van der Waals surface area contributed by atoms with Crippen LogP contribution in [0.4, 0.5) is 17.6 Å². The number of hydrogen-bond donors (Lipinski definition) is 2. The molecule has 174 valence electrons. The van der Waals surface area contributed by atoms with Crippen molar-refractivity contribution in [2.24, 2.45) is 0 Å². The number of benzene rings is 3. The van der Waals surface area contributed by atoms with Gasteiger partial charge in [0.1, 0.15) is 0 Å². The zero-order chi connectivity index (χ0) is 24.5. The van der Waals surface area contributed by atoms with Gasteiger partial charge in [-0.25, -0.2) is 4.79 Å². The zero-order valence-corrected chi connectivity index (χ0v) is 18.5. The van der Waals surface area contributed by atoms with Crippen molar-refractivity contribution in [3.05, 3.63) is 91.0 Å². The van der Waals surface area contributed by atoms with E-state index in [1.807, 2.05) is 0 Å². The quantitative estimate of drug-likeness (QED) is 0.399. The minimum atomic E-state index is -5.41. The summed E-state index contributed by atoms with van der Waals surface area (Å²) in [6, 6.07) is 32.3. The van der Waals surface area contributed by atoms with E-state index in [2.05, 4.69) is 91.0 Å². The van der Waals surface area contributed by atoms with Crippen molar-refractivity contribution >= 4 is 35.7 Å². The van der Waals surface area contributed by atoms with E-state index in [1.165, 1.54) is 28.2 Å². The van der Waals surface area contributed by atoms with Gasteiger partial charge in [-0.1, -0.05) is 91.0 Å². The van der Waals surface area contributed by atoms with Crippen molar-refractivity contribution in [2.45, 2.75) is 18.8 Å². The first-order valence-electron chi connectivity index (χ1n) is 9.85. The van der Waals surface area contributed by atoms with E-state index in [4.69, 9.17) is 5.11 Å². The molecule has 0 aliphatic rings. The lowest BCUT2D eigenvalue weighted by Crippen LogP contribution is -2.56. The lowest BCUT2D eigenvalue weighted by atomic mass is 10.1. The summed E-state index contributed by atoms with van der Waals surface area (Å²) in [6.45, 7) is 0.928. The van der Waals surface area contributed by atoms with Gasteiger partial charge >= 0.3 is 17.8 Å². The molecule has 4 nitrogen and oxygen atoms in total. The fourth-order valence-electron chi connectivity index (χ4n) is 2.73. The summed E-state index contributed by atoms with van der Waals surface area (Å²) < 4.78 is 49.6. The fraction of sp³-hybridized carbons (Fsp3) is 0.167. The highest BCUT2D eigenvalue weighted by atomic mass is 31.1. The average molecular weight is 479 g/mol. The number of hydrogen-bond acceptors (Lipinski definition) is 2. The monoisotopic (exact) mass is 479 g/mol. The third kappa shape index (κ3) is 6.39. The lowest BCUT2D eigenvalue weighted by Gasteiger charge is -2.21. The third-order valence-corrected chi connectivity index (χ3v) is 6.77. The Morgan fingerprint density at radius 2 is 1.06 bits per heavy atom. The number of carbonyl (C=O) groups excluding carboxylic acids is 1. The summed E-state index contributed by atoms with van der Waals surface area (Å²) >= 11 is 0. The van der Waals surface area contributed by atoms with Gasteiger partial charge in [0, 0.05) is 6.54 Å². The molecule has 0 radical (unpaired) electrons. The average Bonchev–Trinajstić information content (AvgIpc) is 2.82. The molecule has 33 heavy (non-hydrogen) atoms. The van der Waals surface area contributed by atoms with E-state index < -0.39 is 31.6 Å². The molecular weight excluding hydrogens is 457 g/mol. The van der Waals surface area contributed by atoms with Gasteiger partial charge in [0.05, 0.1) is 0 Å². The normalized spacial score (nSPS) is 11.3. The Kier molecular flexibility index (Phi) is 9.12. The minimum absolute atomic E-state index is 0.301. The van der Waals surface area contributed by atoms with Gasteiger partial charge in [-0.2, -0.15) is 17.6 Å². The van der Waals surface area contributed by atoms with E-state index >= 15 is 0 Å². The van der Waals surface area contributed by atoms with Crippen LogP contribution in [0.5, 0.6) is 0 Å². The Balaban J connectivity index is 0.000000248. The van der Waals surface area contributed by atoms with E-state index in [9.17, 15) is 27.2 Å². The maximum Gasteiger partial charge on any atom is 0.413 e. The van der Waals surface area contributed by atoms with Crippen molar-refractivity contribution in [3.63, 3.8) is 0 Å². The maximum absolute atomic E-state index is 12.5. The molecular formula is C24H22F4NO3P. The molecule has 1 amide bonds. The second-order valence-corrected chi connectivity index (χ2v) is 8.88. The van der Waals surface area contributed by atoms with E-state index in [-0.39, 0.29) is 6.54 Å². The van der Waals surface area contributed by atoms with Gasteiger partial charge in [0.2, 0.25) is 0 Å². The van der Waals surface area contributed by atoms with Gasteiger partial charge in [-0.05, 0) is 30.8 Å². The largest absolute Gasteiger partial charge is 0.477 e. The highest BCUT2D eigenvalue weighted by Crippen LogP contribution is 2.34. The van der Waals surface area contributed by atoms with E-state index in [0.29, 0.717) is 0 Å². The maximum atomic E-state index is 12.5. The van der Waals surface area contributed by atoms with Crippen LogP contribution in [0, 0.1) is 0 Å². The van der Waals surface area contributed by atoms with E-state index in [0.717, 1.165) is 0 Å². The zero-order valence-electron chi connectivity index (χ0n) is 17.6. The number of nitrogens with one attached hydrogen (secondary N) is 1. The number of carbonyl (C=O) groups is 2. The number of rotatable bonds is 7. The predicted molar refractivity (Wildman–Crippen MR) is 121 cm³/mol. The molecule has 0 unspecified atom stereocenters. The van der Waals surface area contributed by atoms with Gasteiger partial charge in [0.15, 0.2) is 0 Å². The van der Waals surface area contributed by atoms with Gasteiger partial charge in [-0.3, -0.25) is 4.79 Å². The first-order valence-corrected chi connectivity index (χ1v) is 11.2. The van der Waals surface area contributed by atoms with E-state index in [1.54, 1.807) is 0 Å². The van der Waals surface area contributed by atoms with Crippen LogP contribution < -0.4 is 21.2 Å². The number of carboxylic acids is 1. The summed E-state index contributed by atoms with van der Waals surface area (Å²) in [5.41, 5.74) is 0. The second-order valence-electron chi connectivity index (χ2n) is 6.66. The molecule has 3 aromatic carbocycles. The Bertz CT molecular complexity index is 941. The van der Waals surface area contributed by atoms with Crippen molar-refractivity contribution < 1.29 is 32.3 Å². The first-order chi connectivity index (χ1) is 15.6. The fourth-order valence-corrected chi connectivity index (χ4v) is 5.03. The highest BCUT2D eigenvalue weighted by Gasteiger charge is 2.67. The number of amides is 1. The van der Waals surface area contributed by atoms with Crippen LogP contribution in [-0.4, -0.2) is 35.4 Å². The van der Waals surface area contributed by atoms with Crippen LogP contribution in [-0.2, 0) is 9.59 Å². The van der Waals surface area contributed by atoms with Crippen molar-refractivity contribution in [3.8, 4) is 0 Å².